The molecule has 3 aliphatic rings. The molecule has 1 aromatic carbocycles. The van der Waals surface area contributed by atoms with Crippen LogP contribution in [0.3, 0.4) is 0 Å². The molecule has 1 fully saturated rings. The molecule has 3 aliphatic heterocycles. The number of hydrogen-bond donors (Lipinski definition) is 0. The maximum Gasteiger partial charge on any atom is 0.329 e. The van der Waals surface area contributed by atoms with Crippen LogP contribution in [0.1, 0.15) is 62.9 Å². The molecule has 0 saturated carbocycles. The lowest BCUT2D eigenvalue weighted by molar-refractivity contribution is -0.151. The Morgan fingerprint density at radius 2 is 2.12 bits per heavy atom. The Morgan fingerprint density at radius 1 is 1.27 bits per heavy atom. The number of hydrogen-bond acceptors (Lipinski definition) is 3. The summed E-state index contributed by atoms with van der Waals surface area (Å²) in [5, 5.41) is 1.34. The second-order valence-corrected chi connectivity index (χ2v) is 8.23. The van der Waals surface area contributed by atoms with Gasteiger partial charge in [0.25, 0.3) is 0 Å². The Morgan fingerprint density at radius 3 is 2.92 bits per heavy atom. The van der Waals surface area contributed by atoms with Crippen molar-refractivity contribution in [2.45, 2.75) is 58.0 Å². The van der Waals surface area contributed by atoms with E-state index in [2.05, 4.69) is 40.7 Å². The summed E-state index contributed by atoms with van der Waals surface area (Å²) in [4.78, 5) is 15.7. The molecule has 2 aromatic rings. The molecule has 26 heavy (non-hydrogen) atoms. The monoisotopic (exact) mass is 352 g/mol. The molecule has 1 saturated heterocycles. The van der Waals surface area contributed by atoms with E-state index >= 15 is 0 Å². The number of nitrogens with zero attached hydrogens (tertiary/aromatic N) is 2. The van der Waals surface area contributed by atoms with Crippen molar-refractivity contribution in [1.82, 2.24) is 9.47 Å². The molecule has 5 rings (SSSR count). The van der Waals surface area contributed by atoms with Crippen molar-refractivity contribution in [2.24, 2.45) is 5.41 Å². The van der Waals surface area contributed by atoms with Crippen molar-refractivity contribution in [3.8, 4) is 0 Å². The van der Waals surface area contributed by atoms with E-state index in [1.165, 1.54) is 41.5 Å². The van der Waals surface area contributed by atoms with Crippen LogP contribution in [0.15, 0.2) is 24.3 Å². The van der Waals surface area contributed by atoms with Gasteiger partial charge in [-0.25, -0.2) is 4.79 Å². The van der Waals surface area contributed by atoms with Gasteiger partial charge in [0.1, 0.15) is 6.04 Å². The Balaban J connectivity index is 1.80. The van der Waals surface area contributed by atoms with E-state index in [0.29, 0.717) is 12.6 Å². The van der Waals surface area contributed by atoms with E-state index in [-0.39, 0.29) is 17.4 Å². The fourth-order valence-electron chi connectivity index (χ4n) is 6.13. The van der Waals surface area contributed by atoms with Crippen molar-refractivity contribution in [3.05, 3.63) is 35.5 Å². The highest BCUT2D eigenvalue weighted by molar-refractivity contribution is 5.89. The van der Waals surface area contributed by atoms with Gasteiger partial charge in [0, 0.05) is 23.1 Å². The summed E-state index contributed by atoms with van der Waals surface area (Å²) < 4.78 is 7.90. The molecule has 3 atom stereocenters. The molecule has 0 radical (unpaired) electrons. The average Bonchev–Trinajstić information content (AvgIpc) is 3.02. The smallest absolute Gasteiger partial charge is 0.329 e. The summed E-state index contributed by atoms with van der Waals surface area (Å²) in [6, 6.07) is 8.93. The second-order valence-electron chi connectivity index (χ2n) is 8.23. The number of rotatable bonds is 3. The first-order valence-electron chi connectivity index (χ1n) is 10.2. The molecule has 4 nitrogen and oxygen atoms in total. The maximum atomic E-state index is 13.0. The number of carbonyl (C=O) groups is 1. The van der Waals surface area contributed by atoms with Gasteiger partial charge in [-0.1, -0.05) is 25.1 Å². The zero-order valence-electron chi connectivity index (χ0n) is 15.8. The minimum absolute atomic E-state index is 0.0509. The Bertz CT molecular complexity index is 870. The van der Waals surface area contributed by atoms with E-state index in [1.54, 1.807) is 0 Å². The Kier molecular flexibility index (Phi) is 3.68. The van der Waals surface area contributed by atoms with Gasteiger partial charge in [-0.3, -0.25) is 4.90 Å². The van der Waals surface area contributed by atoms with Crippen LogP contribution in [0.4, 0.5) is 0 Å². The van der Waals surface area contributed by atoms with Crippen LogP contribution < -0.4 is 0 Å². The second kappa shape index (κ2) is 5.85. The van der Waals surface area contributed by atoms with Crippen molar-refractivity contribution in [2.75, 3.05) is 19.7 Å². The summed E-state index contributed by atoms with van der Waals surface area (Å²) >= 11 is 0. The van der Waals surface area contributed by atoms with Gasteiger partial charge in [0.15, 0.2) is 0 Å². The van der Waals surface area contributed by atoms with Crippen molar-refractivity contribution < 1.29 is 9.53 Å². The lowest BCUT2D eigenvalue weighted by atomic mass is 9.63. The number of para-hydroxylation sites is 1. The fraction of sp³-hybridized carbons (Fsp3) is 0.591. The van der Waals surface area contributed by atoms with Gasteiger partial charge in [-0.2, -0.15) is 0 Å². The van der Waals surface area contributed by atoms with Gasteiger partial charge >= 0.3 is 5.97 Å². The first kappa shape index (κ1) is 16.4. The molecule has 0 spiro atoms. The molecule has 138 valence electrons. The van der Waals surface area contributed by atoms with E-state index in [0.717, 1.165) is 25.8 Å². The number of carbonyl (C=O) groups excluding carboxylic acids is 1. The fourth-order valence-corrected chi connectivity index (χ4v) is 6.13. The summed E-state index contributed by atoms with van der Waals surface area (Å²) in [5.74, 6) is -0.0509. The van der Waals surface area contributed by atoms with E-state index in [1.807, 2.05) is 6.92 Å². The van der Waals surface area contributed by atoms with Gasteiger partial charge < -0.3 is 9.30 Å². The van der Waals surface area contributed by atoms with Crippen molar-refractivity contribution >= 4 is 16.9 Å². The van der Waals surface area contributed by atoms with Gasteiger partial charge in [-0.05, 0) is 62.6 Å². The molecule has 1 aromatic heterocycles. The minimum atomic E-state index is -0.183. The van der Waals surface area contributed by atoms with Crippen LogP contribution in [0.25, 0.3) is 10.9 Å². The van der Waals surface area contributed by atoms with Gasteiger partial charge in [0.2, 0.25) is 0 Å². The largest absolute Gasteiger partial charge is 0.464 e. The number of piperidine rings is 1. The predicted molar refractivity (Wildman–Crippen MR) is 102 cm³/mol. The third-order valence-corrected chi connectivity index (χ3v) is 7.20. The summed E-state index contributed by atoms with van der Waals surface area (Å²) in [6.07, 6.45) is 5.60. The first-order chi connectivity index (χ1) is 12.7. The van der Waals surface area contributed by atoms with Crippen LogP contribution in [-0.2, 0) is 16.0 Å². The number of aromatic nitrogens is 1. The summed E-state index contributed by atoms with van der Waals surface area (Å²) in [7, 11) is 0. The third-order valence-electron chi connectivity index (χ3n) is 7.20. The molecule has 0 aliphatic carbocycles. The number of benzene rings is 1. The van der Waals surface area contributed by atoms with E-state index in [9.17, 15) is 4.79 Å². The zero-order chi connectivity index (χ0) is 17.9. The highest BCUT2D eigenvalue weighted by Gasteiger charge is 2.54. The molecular weight excluding hydrogens is 324 g/mol. The first-order valence-corrected chi connectivity index (χ1v) is 10.2. The van der Waals surface area contributed by atoms with Crippen LogP contribution in [0.2, 0.25) is 0 Å². The van der Waals surface area contributed by atoms with Gasteiger partial charge in [0.05, 0.1) is 12.6 Å². The van der Waals surface area contributed by atoms with Crippen LogP contribution in [0.5, 0.6) is 0 Å². The number of ether oxygens (including phenoxy) is 1. The molecule has 4 heterocycles. The van der Waals surface area contributed by atoms with Crippen LogP contribution >= 0.6 is 0 Å². The molecular formula is C22H28N2O2. The van der Waals surface area contributed by atoms with E-state index < -0.39 is 0 Å². The lowest BCUT2D eigenvalue weighted by Gasteiger charge is -2.56. The zero-order valence-corrected chi connectivity index (χ0v) is 15.8. The minimum Gasteiger partial charge on any atom is -0.464 e. The standard InChI is InChI=1S/C22H28N2O2/c1-3-22-11-7-12-23-13-10-16-15-8-5-6-9-17(15)24(19(16)20(22)23)18(14-22)21(25)26-4-2/h5-6,8-9,18,20H,3-4,7,10-14H2,1-2H3/t18?,20?,22-/m0/s1. The highest BCUT2D eigenvalue weighted by Crippen LogP contribution is 2.59. The molecule has 0 N–H and O–H groups in total. The van der Waals surface area contributed by atoms with Gasteiger partial charge in [-0.15, -0.1) is 0 Å². The quantitative estimate of drug-likeness (QED) is 0.775. The predicted octanol–water partition coefficient (Wildman–Crippen LogP) is 4.24. The molecule has 0 bridgehead atoms. The number of fused-ring (bicyclic) bond motifs is 3. The lowest BCUT2D eigenvalue weighted by Crippen LogP contribution is -2.54. The number of esters is 1. The topological polar surface area (TPSA) is 34.5 Å². The summed E-state index contributed by atoms with van der Waals surface area (Å²) in [5.41, 5.74) is 4.32. The van der Waals surface area contributed by atoms with Crippen molar-refractivity contribution in [1.29, 1.82) is 0 Å². The average molecular weight is 352 g/mol. The Hall–Kier alpha value is -1.81. The third kappa shape index (κ3) is 2.02. The normalized spacial score (nSPS) is 30.2. The van der Waals surface area contributed by atoms with E-state index in [4.69, 9.17) is 4.74 Å². The Labute approximate surface area is 155 Å². The summed E-state index contributed by atoms with van der Waals surface area (Å²) in [6.45, 7) is 7.02. The SMILES string of the molecule is CCOC(=O)C1C[C@]2(CC)CCCN3CCc4c(n1c1ccccc41)C32. The van der Waals surface area contributed by atoms with Crippen molar-refractivity contribution in [3.63, 3.8) is 0 Å². The van der Waals surface area contributed by atoms with Crippen LogP contribution in [-0.4, -0.2) is 35.1 Å². The molecule has 0 amide bonds. The molecule has 4 heteroatoms. The highest BCUT2D eigenvalue weighted by atomic mass is 16.5. The van der Waals surface area contributed by atoms with Crippen LogP contribution in [0, 0.1) is 5.41 Å². The molecule has 2 unspecified atom stereocenters. The maximum absolute atomic E-state index is 13.0.